The van der Waals surface area contributed by atoms with Gasteiger partial charge < -0.3 is 4.74 Å². The summed E-state index contributed by atoms with van der Waals surface area (Å²) in [7, 11) is 0. The van der Waals surface area contributed by atoms with Crippen molar-refractivity contribution in [1.82, 2.24) is 0 Å². The zero-order valence-corrected chi connectivity index (χ0v) is 9.82. The molecule has 0 unspecified atom stereocenters. The first-order valence-electron chi connectivity index (χ1n) is 3.15. The first-order chi connectivity index (χ1) is 3.83. The summed E-state index contributed by atoms with van der Waals surface area (Å²) in [6.45, 7) is 5.67. The van der Waals surface area contributed by atoms with E-state index in [0.717, 1.165) is 13.2 Å². The van der Waals surface area contributed by atoms with Crippen molar-refractivity contribution in [3.8, 4) is 0 Å². The standard InChI is InChI=1S/C4H10O.3CH3.Ga/c1-3-5-4-2;;;;/h3-4H2,1-2H3;3*1H3;/q;;;+1;. The molecule has 0 aliphatic rings. The van der Waals surface area contributed by atoms with Crippen molar-refractivity contribution >= 4 is 17.4 Å². The van der Waals surface area contributed by atoms with Crippen LogP contribution < -0.4 is 0 Å². The predicted molar refractivity (Wildman–Crippen MR) is 46.1 cm³/mol. The van der Waals surface area contributed by atoms with Crippen molar-refractivity contribution in [2.45, 2.75) is 24.8 Å². The van der Waals surface area contributed by atoms with Gasteiger partial charge in [0.25, 0.3) is 0 Å². The van der Waals surface area contributed by atoms with Gasteiger partial charge in [0, 0.05) is 20.6 Å². The molecule has 0 aliphatic heterocycles. The summed E-state index contributed by atoms with van der Waals surface area (Å²) in [5, 5.41) is 0. The normalized spacial score (nSPS) is 6.22. The van der Waals surface area contributed by atoms with Gasteiger partial charge in [0.1, 0.15) is 0 Å². The molecule has 55 valence electrons. The molecular formula is C7H19GaO+. The van der Waals surface area contributed by atoms with Crippen molar-refractivity contribution in [1.29, 1.82) is 0 Å². The van der Waals surface area contributed by atoms with Crippen LogP contribution in [0.2, 0.25) is 11.0 Å². The molecule has 0 aliphatic carbocycles. The maximum atomic E-state index is 4.83. The van der Waals surface area contributed by atoms with Gasteiger partial charge in [0.2, 0.25) is 0 Å². The van der Waals surface area contributed by atoms with Crippen molar-refractivity contribution in [3.63, 3.8) is 0 Å². The van der Waals surface area contributed by atoms with Gasteiger partial charge in [-0.05, 0) is 13.8 Å². The van der Waals surface area contributed by atoms with E-state index in [0.29, 0.717) is 17.4 Å². The molecule has 0 aromatic rings. The number of ether oxygens (including phenoxy) is 1. The molecule has 0 heterocycles. The van der Waals surface area contributed by atoms with Gasteiger partial charge in [-0.15, -0.1) is 0 Å². The molecule has 0 amide bonds. The average Bonchev–Trinajstić information content (AvgIpc) is 1.71. The summed E-state index contributed by atoms with van der Waals surface area (Å²) in [6, 6.07) is 0. The Morgan fingerprint density at radius 1 is 1.11 bits per heavy atom. The van der Waals surface area contributed by atoms with Crippen LogP contribution in [0.25, 0.3) is 0 Å². The first-order valence-corrected chi connectivity index (χ1v) is 7.99. The third-order valence-corrected chi connectivity index (χ3v) is 0.408. The van der Waals surface area contributed by atoms with Crippen molar-refractivity contribution in [2.24, 2.45) is 0 Å². The minimum absolute atomic E-state index is 0. The van der Waals surface area contributed by atoms with Gasteiger partial charge in [-0.3, -0.25) is 0 Å². The predicted octanol–water partition coefficient (Wildman–Crippen LogP) is 2.28. The Labute approximate surface area is 68.0 Å². The summed E-state index contributed by atoms with van der Waals surface area (Å²) in [5.74, 6) is 0. The van der Waals surface area contributed by atoms with Crippen molar-refractivity contribution in [3.05, 3.63) is 7.43 Å². The SMILES string of the molecule is CCOCC.[CH3+].[CH3][Ga][CH3]. The van der Waals surface area contributed by atoms with E-state index in [1.54, 1.807) is 0 Å². The number of hydrogen-bond acceptors (Lipinski definition) is 1. The topological polar surface area (TPSA) is 9.23 Å². The van der Waals surface area contributed by atoms with Gasteiger partial charge in [-0.1, -0.05) is 0 Å². The fourth-order valence-corrected chi connectivity index (χ4v) is 0.204. The molecular weight excluding hydrogens is 170 g/mol. The van der Waals surface area contributed by atoms with Crippen LogP contribution in [-0.2, 0) is 4.74 Å². The Bertz CT molecular complexity index is 22.9. The van der Waals surface area contributed by atoms with Crippen LogP contribution in [0.3, 0.4) is 0 Å². The second-order valence-corrected chi connectivity index (χ2v) is 3.78. The van der Waals surface area contributed by atoms with E-state index in [-0.39, 0.29) is 7.43 Å². The summed E-state index contributed by atoms with van der Waals surface area (Å²) < 4.78 is 4.83. The zero-order valence-electron chi connectivity index (χ0n) is 7.40. The third kappa shape index (κ3) is 58.2. The minimum atomic E-state index is 0. The Kier molecular flexibility index (Phi) is 42.7. The van der Waals surface area contributed by atoms with Gasteiger partial charge in [-0.2, -0.15) is 0 Å². The fourth-order valence-electron chi connectivity index (χ4n) is 0.204. The number of rotatable bonds is 2. The van der Waals surface area contributed by atoms with E-state index >= 15 is 0 Å². The van der Waals surface area contributed by atoms with E-state index in [1.165, 1.54) is 0 Å². The number of hydrogen-bond donors (Lipinski definition) is 0. The molecule has 0 spiro atoms. The molecule has 2 heteroatoms. The molecule has 9 heavy (non-hydrogen) atoms. The molecule has 1 radical (unpaired) electrons. The van der Waals surface area contributed by atoms with Gasteiger partial charge in [0.05, 0.1) is 0 Å². The molecule has 0 N–H and O–H groups in total. The van der Waals surface area contributed by atoms with Crippen LogP contribution in [0.15, 0.2) is 0 Å². The second kappa shape index (κ2) is 23.7. The van der Waals surface area contributed by atoms with Gasteiger partial charge >= 0.3 is 28.4 Å². The van der Waals surface area contributed by atoms with Crippen LogP contribution in [0.4, 0.5) is 0 Å². The average molecular weight is 189 g/mol. The molecule has 0 fully saturated rings. The quantitative estimate of drug-likeness (QED) is 0.478. The monoisotopic (exact) mass is 188 g/mol. The van der Waals surface area contributed by atoms with Crippen LogP contribution in [0.1, 0.15) is 13.8 Å². The molecule has 0 saturated heterocycles. The molecule has 0 atom stereocenters. The summed E-state index contributed by atoms with van der Waals surface area (Å²) in [5.41, 5.74) is 4.56. The van der Waals surface area contributed by atoms with Crippen LogP contribution in [0, 0.1) is 7.43 Å². The summed E-state index contributed by atoms with van der Waals surface area (Å²) >= 11 is 0.312. The third-order valence-electron chi connectivity index (χ3n) is 0.408. The molecule has 1 nitrogen and oxygen atoms in total. The van der Waals surface area contributed by atoms with Crippen LogP contribution in [-0.4, -0.2) is 30.6 Å². The maximum absolute atomic E-state index is 4.83. The van der Waals surface area contributed by atoms with E-state index in [9.17, 15) is 0 Å². The summed E-state index contributed by atoms with van der Waals surface area (Å²) in [6.07, 6.45) is 0. The van der Waals surface area contributed by atoms with Crippen LogP contribution >= 0.6 is 0 Å². The molecule has 0 saturated carbocycles. The van der Waals surface area contributed by atoms with Gasteiger partial charge in [0.15, 0.2) is 0 Å². The van der Waals surface area contributed by atoms with E-state index in [1.807, 2.05) is 13.8 Å². The van der Waals surface area contributed by atoms with E-state index < -0.39 is 0 Å². The van der Waals surface area contributed by atoms with Crippen molar-refractivity contribution in [2.75, 3.05) is 13.2 Å². The van der Waals surface area contributed by atoms with Gasteiger partial charge in [-0.25, -0.2) is 0 Å². The second-order valence-electron chi connectivity index (χ2n) is 1.36. The molecule has 0 rings (SSSR count). The van der Waals surface area contributed by atoms with Crippen molar-refractivity contribution < 1.29 is 4.74 Å². The molecule has 0 aromatic heterocycles. The first kappa shape index (κ1) is 16.2. The Morgan fingerprint density at radius 3 is 1.33 bits per heavy atom. The molecule has 0 aromatic carbocycles. The van der Waals surface area contributed by atoms with E-state index in [4.69, 9.17) is 4.74 Å². The summed E-state index contributed by atoms with van der Waals surface area (Å²) in [4.78, 5) is 0. The Morgan fingerprint density at radius 2 is 1.33 bits per heavy atom. The Hall–Kier alpha value is 0.466. The fraction of sp³-hybridized carbons (Fsp3) is 0.857. The Balaban J connectivity index is -0.0000000800. The molecule has 0 bridgehead atoms. The van der Waals surface area contributed by atoms with Crippen LogP contribution in [0.5, 0.6) is 0 Å². The van der Waals surface area contributed by atoms with E-state index in [2.05, 4.69) is 11.0 Å². The zero-order chi connectivity index (χ0) is 6.83.